The number of nitrogens with one attached hydrogen (secondary N) is 1. The van der Waals surface area contributed by atoms with Gasteiger partial charge in [-0.25, -0.2) is 0 Å². The lowest BCUT2D eigenvalue weighted by Crippen LogP contribution is -2.43. The van der Waals surface area contributed by atoms with Crippen molar-refractivity contribution in [3.8, 4) is 0 Å². The molecule has 1 amide bonds. The molecule has 0 spiro atoms. The van der Waals surface area contributed by atoms with Gasteiger partial charge in [0, 0.05) is 13.0 Å². The maximum Gasteiger partial charge on any atom is 0.303 e. The topological polar surface area (TPSA) is 66.4 Å². The zero-order chi connectivity index (χ0) is 15.3. The molecule has 0 saturated heterocycles. The van der Waals surface area contributed by atoms with Gasteiger partial charge in [0.15, 0.2) is 0 Å². The summed E-state index contributed by atoms with van der Waals surface area (Å²) >= 11 is 0. The summed E-state index contributed by atoms with van der Waals surface area (Å²) in [6.45, 7) is 2.54. The largest absolute Gasteiger partial charge is 0.481 e. The number of benzene rings is 1. The number of hydrogen-bond acceptors (Lipinski definition) is 2. The molecule has 0 radical (unpaired) electrons. The fraction of sp³-hybridized carbons (Fsp3) is 0.529. The second kappa shape index (κ2) is 6.74. The first-order valence-electron chi connectivity index (χ1n) is 7.54. The van der Waals surface area contributed by atoms with Gasteiger partial charge < -0.3 is 10.4 Å². The minimum atomic E-state index is -0.774. The lowest BCUT2D eigenvalue weighted by atomic mass is 9.66. The molecule has 2 rings (SSSR count). The quantitative estimate of drug-likeness (QED) is 0.811. The van der Waals surface area contributed by atoms with Crippen LogP contribution in [-0.4, -0.2) is 23.5 Å². The first-order chi connectivity index (χ1) is 10.0. The zero-order valence-electron chi connectivity index (χ0n) is 12.5. The van der Waals surface area contributed by atoms with E-state index in [1.54, 1.807) is 0 Å². The Morgan fingerprint density at radius 2 is 2.00 bits per heavy atom. The Kier molecular flexibility index (Phi) is 4.99. The van der Waals surface area contributed by atoms with Crippen LogP contribution in [0.4, 0.5) is 0 Å². The smallest absolute Gasteiger partial charge is 0.303 e. The van der Waals surface area contributed by atoms with Crippen LogP contribution >= 0.6 is 0 Å². The molecule has 1 aromatic rings. The minimum absolute atomic E-state index is 0.00918. The highest BCUT2D eigenvalue weighted by atomic mass is 16.4. The molecule has 1 aliphatic rings. The third-order valence-corrected chi connectivity index (χ3v) is 4.48. The van der Waals surface area contributed by atoms with E-state index < -0.39 is 5.97 Å². The molecule has 1 aliphatic carbocycles. The highest BCUT2D eigenvalue weighted by Gasteiger charge is 2.39. The highest BCUT2D eigenvalue weighted by Crippen LogP contribution is 2.43. The van der Waals surface area contributed by atoms with Crippen LogP contribution < -0.4 is 5.32 Å². The lowest BCUT2D eigenvalue weighted by molar-refractivity contribution is -0.141. The Balaban J connectivity index is 1.77. The number of amides is 1. The SMILES string of the molecule is Cc1ccccc1CCC(=O)NCC1(CC(=O)O)CCC1. The Hall–Kier alpha value is -1.84. The van der Waals surface area contributed by atoms with Gasteiger partial charge in [0.25, 0.3) is 0 Å². The number of aliphatic carboxylic acids is 1. The molecule has 0 atom stereocenters. The first kappa shape index (κ1) is 15.5. The summed E-state index contributed by atoms with van der Waals surface area (Å²) in [7, 11) is 0. The van der Waals surface area contributed by atoms with Gasteiger partial charge in [0.2, 0.25) is 5.91 Å². The molecule has 1 fully saturated rings. The lowest BCUT2D eigenvalue weighted by Gasteiger charge is -2.40. The summed E-state index contributed by atoms with van der Waals surface area (Å²) in [6.07, 6.45) is 4.20. The molecule has 2 N–H and O–H groups in total. The van der Waals surface area contributed by atoms with E-state index in [0.717, 1.165) is 25.7 Å². The van der Waals surface area contributed by atoms with Crippen LogP contribution in [0.15, 0.2) is 24.3 Å². The summed E-state index contributed by atoms with van der Waals surface area (Å²) < 4.78 is 0. The summed E-state index contributed by atoms with van der Waals surface area (Å²) in [4.78, 5) is 22.8. The van der Waals surface area contributed by atoms with Gasteiger partial charge in [-0.05, 0) is 42.7 Å². The standard InChI is InChI=1S/C17H23NO3/c1-13-5-2-3-6-14(13)7-8-15(19)18-12-17(9-4-10-17)11-16(20)21/h2-3,5-6H,4,7-12H2,1H3,(H,18,19)(H,20,21). The van der Waals surface area contributed by atoms with Gasteiger partial charge in [0.1, 0.15) is 0 Å². The molecular formula is C17H23NO3. The van der Waals surface area contributed by atoms with Crippen LogP contribution in [-0.2, 0) is 16.0 Å². The number of carbonyl (C=O) groups is 2. The fourth-order valence-electron chi connectivity index (χ4n) is 2.93. The average Bonchev–Trinajstić information content (AvgIpc) is 2.40. The number of carboxylic acid groups (broad SMARTS) is 1. The maximum absolute atomic E-state index is 11.9. The van der Waals surface area contributed by atoms with E-state index in [4.69, 9.17) is 5.11 Å². The van der Waals surface area contributed by atoms with E-state index in [0.29, 0.717) is 13.0 Å². The normalized spacial score (nSPS) is 16.0. The molecule has 0 unspecified atom stereocenters. The van der Waals surface area contributed by atoms with E-state index in [9.17, 15) is 9.59 Å². The van der Waals surface area contributed by atoms with Crippen molar-refractivity contribution < 1.29 is 14.7 Å². The number of carbonyl (C=O) groups excluding carboxylic acids is 1. The second-order valence-electron chi connectivity index (χ2n) is 6.13. The Bertz CT molecular complexity index is 521. The summed E-state index contributed by atoms with van der Waals surface area (Å²) in [5.41, 5.74) is 2.19. The maximum atomic E-state index is 11.9. The third kappa shape index (κ3) is 4.31. The Morgan fingerprint density at radius 1 is 1.29 bits per heavy atom. The minimum Gasteiger partial charge on any atom is -0.481 e. The van der Waals surface area contributed by atoms with Crippen molar-refractivity contribution >= 4 is 11.9 Å². The molecule has 1 saturated carbocycles. The molecule has 0 heterocycles. The van der Waals surface area contributed by atoms with Crippen molar-refractivity contribution in [2.45, 2.75) is 45.4 Å². The summed E-state index contributed by atoms with van der Waals surface area (Å²) in [5.74, 6) is -0.765. The van der Waals surface area contributed by atoms with Crippen molar-refractivity contribution in [2.75, 3.05) is 6.54 Å². The van der Waals surface area contributed by atoms with Crippen LogP contribution in [0.25, 0.3) is 0 Å². The van der Waals surface area contributed by atoms with Crippen molar-refractivity contribution in [3.05, 3.63) is 35.4 Å². The summed E-state index contributed by atoms with van der Waals surface area (Å²) in [6, 6.07) is 8.06. The molecule has 4 heteroatoms. The molecule has 0 bridgehead atoms. The molecule has 0 aliphatic heterocycles. The average molecular weight is 289 g/mol. The monoisotopic (exact) mass is 289 g/mol. The van der Waals surface area contributed by atoms with E-state index in [2.05, 4.69) is 5.32 Å². The van der Waals surface area contributed by atoms with Gasteiger partial charge in [-0.3, -0.25) is 9.59 Å². The Labute approximate surface area is 125 Å². The van der Waals surface area contributed by atoms with Gasteiger partial charge in [0.05, 0.1) is 6.42 Å². The van der Waals surface area contributed by atoms with E-state index in [1.165, 1.54) is 11.1 Å². The van der Waals surface area contributed by atoms with Crippen LogP contribution in [0.3, 0.4) is 0 Å². The van der Waals surface area contributed by atoms with Gasteiger partial charge in [-0.2, -0.15) is 0 Å². The molecule has 114 valence electrons. The first-order valence-corrected chi connectivity index (χ1v) is 7.54. The molecule has 21 heavy (non-hydrogen) atoms. The van der Waals surface area contributed by atoms with E-state index >= 15 is 0 Å². The fourth-order valence-corrected chi connectivity index (χ4v) is 2.93. The van der Waals surface area contributed by atoms with E-state index in [1.807, 2.05) is 31.2 Å². The molecule has 0 aromatic heterocycles. The van der Waals surface area contributed by atoms with Crippen LogP contribution in [0, 0.1) is 12.3 Å². The van der Waals surface area contributed by atoms with Gasteiger partial charge in [-0.1, -0.05) is 30.7 Å². The molecule has 4 nitrogen and oxygen atoms in total. The van der Waals surface area contributed by atoms with Crippen LogP contribution in [0.1, 0.15) is 43.2 Å². The van der Waals surface area contributed by atoms with E-state index in [-0.39, 0.29) is 17.7 Å². The third-order valence-electron chi connectivity index (χ3n) is 4.48. The highest BCUT2D eigenvalue weighted by molar-refractivity contribution is 5.76. The van der Waals surface area contributed by atoms with Crippen LogP contribution in [0.2, 0.25) is 0 Å². The number of carboxylic acids is 1. The van der Waals surface area contributed by atoms with Crippen molar-refractivity contribution in [1.29, 1.82) is 0 Å². The number of aryl methyl sites for hydroxylation is 2. The molecule has 1 aromatic carbocycles. The summed E-state index contributed by atoms with van der Waals surface area (Å²) in [5, 5.41) is 11.9. The number of hydrogen-bond donors (Lipinski definition) is 2. The Morgan fingerprint density at radius 3 is 2.57 bits per heavy atom. The van der Waals surface area contributed by atoms with Gasteiger partial charge in [-0.15, -0.1) is 0 Å². The zero-order valence-corrected chi connectivity index (χ0v) is 12.5. The predicted molar refractivity (Wildman–Crippen MR) is 81.0 cm³/mol. The second-order valence-corrected chi connectivity index (χ2v) is 6.13. The van der Waals surface area contributed by atoms with Crippen molar-refractivity contribution in [1.82, 2.24) is 5.32 Å². The van der Waals surface area contributed by atoms with Crippen molar-refractivity contribution in [3.63, 3.8) is 0 Å². The predicted octanol–water partition coefficient (Wildman–Crippen LogP) is 2.69. The number of rotatable bonds is 7. The molecular weight excluding hydrogens is 266 g/mol. The van der Waals surface area contributed by atoms with Crippen molar-refractivity contribution in [2.24, 2.45) is 5.41 Å². The van der Waals surface area contributed by atoms with Gasteiger partial charge >= 0.3 is 5.97 Å². The van der Waals surface area contributed by atoms with Crippen LogP contribution in [0.5, 0.6) is 0 Å².